The number of carbonyl (C=O) groups excluding carboxylic acids is 1. The largest absolute Gasteiger partial charge is 0.468 e. The summed E-state index contributed by atoms with van der Waals surface area (Å²) in [5.74, 6) is 0.953. The lowest BCUT2D eigenvalue weighted by molar-refractivity contribution is -0.128. The second kappa shape index (κ2) is 6.98. The van der Waals surface area contributed by atoms with Gasteiger partial charge in [-0.1, -0.05) is 37.5 Å². The van der Waals surface area contributed by atoms with Crippen molar-refractivity contribution in [2.24, 2.45) is 5.92 Å². The molecule has 2 aromatic rings. The van der Waals surface area contributed by atoms with E-state index in [9.17, 15) is 4.79 Å². The monoisotopic (exact) mass is 259 g/mol. The Kier molecular flexibility index (Phi) is 5.01. The normalized spacial score (nSPS) is 14.4. The van der Waals surface area contributed by atoms with Gasteiger partial charge in [-0.05, 0) is 30.9 Å². The summed E-state index contributed by atoms with van der Waals surface area (Å²) in [6.07, 6.45) is 7.75. The van der Waals surface area contributed by atoms with Crippen LogP contribution < -0.4 is 0 Å². The minimum atomic E-state index is 0.431. The lowest BCUT2D eigenvalue weighted by Crippen LogP contribution is -2.13. The van der Waals surface area contributed by atoms with E-state index in [1.54, 1.807) is 6.92 Å². The molecule has 1 aromatic carbocycles. The number of hydrogen-bond donors (Lipinski definition) is 1. The van der Waals surface area contributed by atoms with Crippen molar-refractivity contribution in [3.05, 3.63) is 36.0 Å². The van der Waals surface area contributed by atoms with Crippen LogP contribution in [0.1, 0.15) is 31.7 Å². The van der Waals surface area contributed by atoms with Crippen LogP contribution >= 0.6 is 0 Å². The van der Waals surface area contributed by atoms with E-state index in [-0.39, 0.29) is 0 Å². The third-order valence-corrected chi connectivity index (χ3v) is 3.64. The standard InChI is InChI=1S/C13H15N.C3H6O2/c1-2-7-13-12(6-1)11(9-14-13)8-10-4-3-5-10;1-2-5-3-4/h1-2,6-7,9-10,14H,3-5,8H2;3H,2H2,1H3. The molecule has 0 atom stereocenters. The van der Waals surface area contributed by atoms with Crippen molar-refractivity contribution in [2.45, 2.75) is 32.6 Å². The fraction of sp³-hybridized carbons (Fsp3) is 0.438. The maximum atomic E-state index is 9.18. The van der Waals surface area contributed by atoms with E-state index in [1.165, 1.54) is 42.1 Å². The minimum Gasteiger partial charge on any atom is -0.468 e. The first-order valence-electron chi connectivity index (χ1n) is 6.95. The molecule has 0 bridgehead atoms. The lowest BCUT2D eigenvalue weighted by Gasteiger charge is -2.24. The number of para-hydroxylation sites is 1. The molecule has 1 aliphatic carbocycles. The van der Waals surface area contributed by atoms with Crippen LogP contribution in [0, 0.1) is 5.92 Å². The van der Waals surface area contributed by atoms with E-state index in [0.29, 0.717) is 13.1 Å². The highest BCUT2D eigenvalue weighted by Crippen LogP contribution is 2.31. The molecule has 0 saturated heterocycles. The van der Waals surface area contributed by atoms with Crippen LogP contribution in [0.3, 0.4) is 0 Å². The van der Waals surface area contributed by atoms with Gasteiger partial charge in [-0.3, -0.25) is 4.79 Å². The van der Waals surface area contributed by atoms with Crippen LogP contribution in [0.4, 0.5) is 0 Å². The van der Waals surface area contributed by atoms with Crippen LogP contribution in [0.2, 0.25) is 0 Å². The number of fused-ring (bicyclic) bond motifs is 1. The van der Waals surface area contributed by atoms with Gasteiger partial charge in [-0.15, -0.1) is 0 Å². The van der Waals surface area contributed by atoms with Crippen molar-refractivity contribution < 1.29 is 9.53 Å². The molecule has 0 radical (unpaired) electrons. The molecule has 0 spiro atoms. The van der Waals surface area contributed by atoms with E-state index in [1.807, 2.05) is 0 Å². The van der Waals surface area contributed by atoms with Crippen LogP contribution in [0.15, 0.2) is 30.5 Å². The highest BCUT2D eigenvalue weighted by atomic mass is 16.5. The van der Waals surface area contributed by atoms with E-state index in [4.69, 9.17) is 0 Å². The maximum absolute atomic E-state index is 9.18. The second-order valence-electron chi connectivity index (χ2n) is 4.91. The Balaban J connectivity index is 0.000000232. The van der Waals surface area contributed by atoms with Crippen LogP contribution in [0.5, 0.6) is 0 Å². The molecule has 0 unspecified atom stereocenters. The molecule has 19 heavy (non-hydrogen) atoms. The molecule has 102 valence electrons. The summed E-state index contributed by atoms with van der Waals surface area (Å²) in [5.41, 5.74) is 2.78. The summed E-state index contributed by atoms with van der Waals surface area (Å²) >= 11 is 0. The molecule has 1 N–H and O–H groups in total. The molecular weight excluding hydrogens is 238 g/mol. The first-order valence-corrected chi connectivity index (χ1v) is 6.95. The van der Waals surface area contributed by atoms with E-state index in [0.717, 1.165) is 5.92 Å². The number of H-pyrrole nitrogens is 1. The fourth-order valence-corrected chi connectivity index (χ4v) is 2.38. The van der Waals surface area contributed by atoms with Crippen molar-refractivity contribution in [2.75, 3.05) is 6.61 Å². The molecule has 0 aliphatic heterocycles. The zero-order valence-electron chi connectivity index (χ0n) is 11.4. The predicted octanol–water partition coefficient (Wildman–Crippen LogP) is 3.69. The predicted molar refractivity (Wildman–Crippen MR) is 77.0 cm³/mol. The Morgan fingerprint density at radius 1 is 1.37 bits per heavy atom. The third kappa shape index (κ3) is 3.60. The Labute approximate surface area is 114 Å². The molecule has 1 aromatic heterocycles. The number of aromatic nitrogens is 1. The van der Waals surface area contributed by atoms with Gasteiger partial charge in [-0.2, -0.15) is 0 Å². The average molecular weight is 259 g/mol. The number of benzene rings is 1. The van der Waals surface area contributed by atoms with Gasteiger partial charge in [0.05, 0.1) is 6.61 Å². The number of nitrogens with one attached hydrogen (secondary N) is 1. The molecule has 1 heterocycles. The molecule has 3 rings (SSSR count). The number of aromatic amines is 1. The summed E-state index contributed by atoms with van der Waals surface area (Å²) in [7, 11) is 0. The molecular formula is C16H21NO2. The summed E-state index contributed by atoms with van der Waals surface area (Å²) in [6.45, 7) is 2.66. The van der Waals surface area contributed by atoms with Gasteiger partial charge in [0, 0.05) is 17.1 Å². The van der Waals surface area contributed by atoms with Crippen LogP contribution in [-0.4, -0.2) is 18.1 Å². The van der Waals surface area contributed by atoms with Crippen molar-refractivity contribution in [3.63, 3.8) is 0 Å². The van der Waals surface area contributed by atoms with Crippen molar-refractivity contribution >= 4 is 17.4 Å². The fourth-order valence-electron chi connectivity index (χ4n) is 2.38. The smallest absolute Gasteiger partial charge is 0.293 e. The van der Waals surface area contributed by atoms with Crippen molar-refractivity contribution in [3.8, 4) is 0 Å². The molecule has 1 aliphatic rings. The Hall–Kier alpha value is -1.77. The second-order valence-corrected chi connectivity index (χ2v) is 4.91. The zero-order chi connectivity index (χ0) is 13.5. The van der Waals surface area contributed by atoms with E-state index < -0.39 is 0 Å². The van der Waals surface area contributed by atoms with E-state index in [2.05, 4.69) is 40.2 Å². The van der Waals surface area contributed by atoms with Crippen molar-refractivity contribution in [1.82, 2.24) is 4.98 Å². The highest BCUT2D eigenvalue weighted by molar-refractivity contribution is 5.83. The summed E-state index contributed by atoms with van der Waals surface area (Å²) < 4.78 is 4.15. The quantitative estimate of drug-likeness (QED) is 0.851. The van der Waals surface area contributed by atoms with Gasteiger partial charge >= 0.3 is 0 Å². The molecule has 0 amide bonds. The molecule has 3 heteroatoms. The molecule has 1 saturated carbocycles. The Morgan fingerprint density at radius 3 is 2.74 bits per heavy atom. The Morgan fingerprint density at radius 2 is 2.16 bits per heavy atom. The summed E-state index contributed by atoms with van der Waals surface area (Å²) in [6, 6.07) is 8.59. The van der Waals surface area contributed by atoms with Gasteiger partial charge < -0.3 is 9.72 Å². The first kappa shape index (κ1) is 13.7. The Bertz CT molecular complexity index is 514. The lowest BCUT2D eigenvalue weighted by atomic mass is 9.81. The minimum absolute atomic E-state index is 0.431. The number of hydrogen-bond acceptors (Lipinski definition) is 2. The van der Waals surface area contributed by atoms with Gasteiger partial charge in [0.1, 0.15) is 0 Å². The first-order chi connectivity index (χ1) is 9.35. The van der Waals surface area contributed by atoms with Gasteiger partial charge in [0.25, 0.3) is 6.47 Å². The molecule has 3 nitrogen and oxygen atoms in total. The zero-order valence-corrected chi connectivity index (χ0v) is 11.4. The van der Waals surface area contributed by atoms with Crippen LogP contribution in [-0.2, 0) is 16.0 Å². The van der Waals surface area contributed by atoms with Crippen LogP contribution in [0.25, 0.3) is 10.9 Å². The van der Waals surface area contributed by atoms with Gasteiger partial charge in [0.2, 0.25) is 0 Å². The SMILES string of the molecule is CCOC=O.c1ccc2c(CC3CCC3)c[nH]c2c1. The summed E-state index contributed by atoms with van der Waals surface area (Å²) in [4.78, 5) is 12.5. The van der Waals surface area contributed by atoms with E-state index >= 15 is 0 Å². The highest BCUT2D eigenvalue weighted by Gasteiger charge is 2.18. The van der Waals surface area contributed by atoms with Crippen molar-refractivity contribution in [1.29, 1.82) is 0 Å². The third-order valence-electron chi connectivity index (χ3n) is 3.64. The summed E-state index contributed by atoms with van der Waals surface area (Å²) in [5, 5.41) is 1.42. The van der Waals surface area contributed by atoms with Gasteiger partial charge in [-0.25, -0.2) is 0 Å². The number of rotatable bonds is 4. The number of carbonyl (C=O) groups is 1. The van der Waals surface area contributed by atoms with Gasteiger partial charge in [0.15, 0.2) is 0 Å². The molecule has 1 fully saturated rings. The maximum Gasteiger partial charge on any atom is 0.293 e. The topological polar surface area (TPSA) is 42.1 Å². The average Bonchev–Trinajstić information content (AvgIpc) is 2.79. The number of ether oxygens (including phenoxy) is 1.